The second-order valence-electron chi connectivity index (χ2n) is 3.26. The van der Waals surface area contributed by atoms with Gasteiger partial charge in [0.1, 0.15) is 11.6 Å². The molecular weight excluding hydrogens is 267 g/mol. The van der Waals surface area contributed by atoms with Crippen LogP contribution in [-0.2, 0) is 11.2 Å². The number of ketones is 1. The molecule has 0 fully saturated rings. The number of ether oxygens (including phenoxy) is 2. The van der Waals surface area contributed by atoms with Crippen LogP contribution in [0.3, 0.4) is 0 Å². The molecule has 0 bridgehead atoms. The molecule has 1 aliphatic heterocycles. The summed E-state index contributed by atoms with van der Waals surface area (Å²) < 4.78 is 24.2. The quantitative estimate of drug-likeness (QED) is 0.831. The molecular formula is C10H8BrFO3. The van der Waals surface area contributed by atoms with Gasteiger partial charge in [0, 0.05) is 18.1 Å². The lowest BCUT2D eigenvalue weighted by atomic mass is 10.1. The van der Waals surface area contributed by atoms with Gasteiger partial charge in [0.05, 0.1) is 4.47 Å². The van der Waals surface area contributed by atoms with Gasteiger partial charge in [-0.25, -0.2) is 4.39 Å². The Morgan fingerprint density at radius 3 is 3.00 bits per heavy atom. The van der Waals surface area contributed by atoms with Gasteiger partial charge in [0.2, 0.25) is 6.79 Å². The molecule has 0 atom stereocenters. The van der Waals surface area contributed by atoms with Crippen molar-refractivity contribution in [3.05, 3.63) is 21.9 Å². The third-order valence-electron chi connectivity index (χ3n) is 2.08. The molecule has 0 radical (unpaired) electrons. The Bertz CT molecular complexity index is 431. The summed E-state index contributed by atoms with van der Waals surface area (Å²) in [4.78, 5) is 11.0. The second kappa shape index (κ2) is 3.81. The Balaban J connectivity index is 2.51. The average Bonchev–Trinajstić information content (AvgIpc) is 2.59. The highest BCUT2D eigenvalue weighted by atomic mass is 79.9. The molecule has 80 valence electrons. The number of Topliss-reactive ketones (excluding diaryl/α,β-unsaturated/α-hetero) is 1. The van der Waals surface area contributed by atoms with Crippen LogP contribution in [0.15, 0.2) is 10.5 Å². The van der Waals surface area contributed by atoms with Crippen LogP contribution in [0.4, 0.5) is 4.39 Å². The highest BCUT2D eigenvalue weighted by Gasteiger charge is 2.23. The molecule has 15 heavy (non-hydrogen) atoms. The van der Waals surface area contributed by atoms with Crippen molar-refractivity contribution < 1.29 is 18.7 Å². The Hall–Kier alpha value is -1.10. The minimum absolute atomic E-state index is 0.0447. The third-order valence-corrected chi connectivity index (χ3v) is 2.92. The summed E-state index contributed by atoms with van der Waals surface area (Å²) in [7, 11) is 0. The molecule has 0 saturated heterocycles. The first-order chi connectivity index (χ1) is 7.09. The van der Waals surface area contributed by atoms with Gasteiger partial charge in [0.25, 0.3) is 0 Å². The molecule has 2 rings (SSSR count). The van der Waals surface area contributed by atoms with E-state index in [0.717, 1.165) is 0 Å². The van der Waals surface area contributed by atoms with Crippen molar-refractivity contribution in [2.45, 2.75) is 13.3 Å². The predicted molar refractivity (Wildman–Crippen MR) is 54.6 cm³/mol. The van der Waals surface area contributed by atoms with E-state index in [-0.39, 0.29) is 19.0 Å². The molecule has 0 amide bonds. The first-order valence-electron chi connectivity index (χ1n) is 4.35. The van der Waals surface area contributed by atoms with Crippen LogP contribution in [0.25, 0.3) is 0 Å². The highest BCUT2D eigenvalue weighted by molar-refractivity contribution is 9.10. The number of hydrogen-bond donors (Lipinski definition) is 0. The van der Waals surface area contributed by atoms with Crippen molar-refractivity contribution in [2.24, 2.45) is 0 Å². The molecule has 0 aromatic heterocycles. The second-order valence-corrected chi connectivity index (χ2v) is 4.06. The van der Waals surface area contributed by atoms with E-state index in [9.17, 15) is 9.18 Å². The maximum Gasteiger partial charge on any atom is 0.231 e. The van der Waals surface area contributed by atoms with Gasteiger partial charge >= 0.3 is 0 Å². The van der Waals surface area contributed by atoms with Crippen LogP contribution in [-0.4, -0.2) is 12.6 Å². The van der Waals surface area contributed by atoms with Crippen LogP contribution < -0.4 is 9.47 Å². The topological polar surface area (TPSA) is 35.5 Å². The van der Waals surface area contributed by atoms with Gasteiger partial charge in [-0.3, -0.25) is 4.79 Å². The van der Waals surface area contributed by atoms with Crippen molar-refractivity contribution in [1.29, 1.82) is 0 Å². The van der Waals surface area contributed by atoms with E-state index in [4.69, 9.17) is 9.47 Å². The number of carbonyl (C=O) groups is 1. The summed E-state index contributed by atoms with van der Waals surface area (Å²) in [5.74, 6) is 0.272. The lowest BCUT2D eigenvalue weighted by Crippen LogP contribution is -2.01. The molecule has 0 saturated carbocycles. The molecule has 1 aromatic carbocycles. The number of fused-ring (bicyclic) bond motifs is 1. The Kier molecular flexibility index (Phi) is 2.65. The lowest BCUT2D eigenvalue weighted by Gasteiger charge is -2.06. The predicted octanol–water partition coefficient (Wildman–Crippen LogP) is 2.45. The van der Waals surface area contributed by atoms with Crippen molar-refractivity contribution in [3.63, 3.8) is 0 Å². The number of rotatable bonds is 2. The van der Waals surface area contributed by atoms with E-state index < -0.39 is 5.82 Å². The maximum absolute atomic E-state index is 13.5. The molecule has 0 spiro atoms. The molecule has 1 aromatic rings. The van der Waals surface area contributed by atoms with E-state index in [2.05, 4.69) is 15.9 Å². The zero-order valence-corrected chi connectivity index (χ0v) is 9.56. The van der Waals surface area contributed by atoms with Gasteiger partial charge in [0.15, 0.2) is 11.5 Å². The number of hydrogen-bond acceptors (Lipinski definition) is 3. The average molecular weight is 275 g/mol. The van der Waals surface area contributed by atoms with E-state index in [0.29, 0.717) is 21.5 Å². The Morgan fingerprint density at radius 1 is 1.60 bits per heavy atom. The number of halogens is 2. The zero-order valence-electron chi connectivity index (χ0n) is 7.97. The Morgan fingerprint density at radius 2 is 2.33 bits per heavy atom. The Labute approximate surface area is 94.3 Å². The molecule has 1 heterocycles. The first-order valence-corrected chi connectivity index (χ1v) is 5.15. The van der Waals surface area contributed by atoms with Crippen molar-refractivity contribution >= 4 is 21.7 Å². The fourth-order valence-corrected chi connectivity index (χ4v) is 2.06. The smallest absolute Gasteiger partial charge is 0.231 e. The first kappa shape index (κ1) is 10.4. The largest absolute Gasteiger partial charge is 0.453 e. The zero-order chi connectivity index (χ0) is 11.0. The van der Waals surface area contributed by atoms with Crippen LogP contribution in [0.5, 0.6) is 11.5 Å². The standard InChI is InChI=1S/C10H8BrFO3/c1-5(13)2-6-7(12)3-8-10(9(6)11)15-4-14-8/h3H,2,4H2,1H3. The van der Waals surface area contributed by atoms with Gasteiger partial charge in [-0.1, -0.05) is 0 Å². The van der Waals surface area contributed by atoms with E-state index in [1.54, 1.807) is 0 Å². The lowest BCUT2D eigenvalue weighted by molar-refractivity contribution is -0.116. The fraction of sp³-hybridized carbons (Fsp3) is 0.300. The molecule has 1 aliphatic rings. The van der Waals surface area contributed by atoms with Crippen LogP contribution in [0.1, 0.15) is 12.5 Å². The van der Waals surface area contributed by atoms with Crippen LogP contribution in [0, 0.1) is 5.82 Å². The van der Waals surface area contributed by atoms with Crippen molar-refractivity contribution in [2.75, 3.05) is 6.79 Å². The third kappa shape index (κ3) is 1.84. The van der Waals surface area contributed by atoms with Gasteiger partial charge in [-0.05, 0) is 22.9 Å². The summed E-state index contributed by atoms with van der Waals surface area (Å²) in [5.41, 5.74) is 0.312. The highest BCUT2D eigenvalue weighted by Crippen LogP contribution is 2.42. The summed E-state index contributed by atoms with van der Waals surface area (Å²) in [6, 6.07) is 1.24. The summed E-state index contributed by atoms with van der Waals surface area (Å²) in [5, 5.41) is 0. The summed E-state index contributed by atoms with van der Waals surface area (Å²) >= 11 is 3.21. The maximum atomic E-state index is 13.5. The summed E-state index contributed by atoms with van der Waals surface area (Å²) in [6.45, 7) is 1.49. The van der Waals surface area contributed by atoms with Crippen LogP contribution in [0.2, 0.25) is 0 Å². The fourth-order valence-electron chi connectivity index (χ4n) is 1.42. The number of carbonyl (C=O) groups excluding carboxylic acids is 1. The van der Waals surface area contributed by atoms with Crippen molar-refractivity contribution in [3.8, 4) is 11.5 Å². The molecule has 0 unspecified atom stereocenters. The van der Waals surface area contributed by atoms with E-state index in [1.807, 2.05) is 0 Å². The van der Waals surface area contributed by atoms with Gasteiger partial charge in [-0.2, -0.15) is 0 Å². The van der Waals surface area contributed by atoms with E-state index >= 15 is 0 Å². The van der Waals surface area contributed by atoms with Gasteiger partial charge < -0.3 is 9.47 Å². The van der Waals surface area contributed by atoms with Crippen molar-refractivity contribution in [1.82, 2.24) is 0 Å². The summed E-state index contributed by atoms with van der Waals surface area (Å²) in [6.07, 6.45) is 0.0447. The molecule has 5 heteroatoms. The SMILES string of the molecule is CC(=O)Cc1c(F)cc2c(c1Br)OCO2. The normalized spacial score (nSPS) is 13.0. The minimum Gasteiger partial charge on any atom is -0.453 e. The van der Waals surface area contributed by atoms with Gasteiger partial charge in [-0.15, -0.1) is 0 Å². The van der Waals surface area contributed by atoms with E-state index in [1.165, 1.54) is 13.0 Å². The molecule has 0 N–H and O–H groups in total. The van der Waals surface area contributed by atoms with Crippen LogP contribution >= 0.6 is 15.9 Å². The monoisotopic (exact) mass is 274 g/mol. The molecule has 0 aliphatic carbocycles. The number of benzene rings is 1. The molecule has 3 nitrogen and oxygen atoms in total. The minimum atomic E-state index is -0.457.